The Morgan fingerprint density at radius 1 is 1.17 bits per heavy atom. The summed E-state index contributed by atoms with van der Waals surface area (Å²) in [5, 5.41) is 0. The predicted molar refractivity (Wildman–Crippen MR) is 95.5 cm³/mol. The van der Waals surface area contributed by atoms with Crippen molar-refractivity contribution < 1.29 is 9.53 Å². The number of nitrogens with zero attached hydrogens (tertiary/aromatic N) is 3. The minimum atomic E-state index is 0.125. The Bertz CT molecular complexity index is 550. The molecule has 0 bridgehead atoms. The average molecular weight is 331 g/mol. The van der Waals surface area contributed by atoms with Crippen LogP contribution in [0.15, 0.2) is 24.3 Å². The van der Waals surface area contributed by atoms with Crippen LogP contribution >= 0.6 is 0 Å². The first-order valence-electron chi connectivity index (χ1n) is 8.97. The minimum absolute atomic E-state index is 0.125. The van der Waals surface area contributed by atoms with Crippen LogP contribution in [0.5, 0.6) is 5.75 Å². The summed E-state index contributed by atoms with van der Waals surface area (Å²) in [6.45, 7) is 11.0. The van der Waals surface area contributed by atoms with Gasteiger partial charge >= 0.3 is 0 Å². The SMILES string of the molecule is CC(C)CN1CC1COc1ccc(C(=O)N2CCN(C)CC2)cc1. The zero-order valence-corrected chi connectivity index (χ0v) is 15.1. The van der Waals surface area contributed by atoms with Gasteiger partial charge in [-0.05, 0) is 37.2 Å². The number of likely N-dealkylation sites (N-methyl/N-ethyl adjacent to an activating group) is 1. The number of hydrogen-bond acceptors (Lipinski definition) is 4. The van der Waals surface area contributed by atoms with E-state index in [1.807, 2.05) is 29.2 Å². The molecule has 2 aliphatic heterocycles. The molecule has 1 aromatic carbocycles. The Morgan fingerprint density at radius 2 is 1.83 bits per heavy atom. The molecular weight excluding hydrogens is 302 g/mol. The number of piperazine rings is 1. The molecule has 5 nitrogen and oxygen atoms in total. The smallest absolute Gasteiger partial charge is 0.253 e. The fourth-order valence-electron chi connectivity index (χ4n) is 3.15. The first-order chi connectivity index (χ1) is 11.5. The van der Waals surface area contributed by atoms with E-state index in [2.05, 4.69) is 30.7 Å². The van der Waals surface area contributed by atoms with Crippen LogP contribution in [0.25, 0.3) is 0 Å². The average Bonchev–Trinajstić information content (AvgIpc) is 3.30. The third kappa shape index (κ3) is 4.48. The Labute approximate surface area is 145 Å². The van der Waals surface area contributed by atoms with Gasteiger partial charge in [0, 0.05) is 44.8 Å². The van der Waals surface area contributed by atoms with Gasteiger partial charge in [0.25, 0.3) is 5.91 Å². The molecule has 1 aromatic rings. The van der Waals surface area contributed by atoms with Gasteiger partial charge in [-0.15, -0.1) is 0 Å². The summed E-state index contributed by atoms with van der Waals surface area (Å²) < 4.78 is 5.86. The van der Waals surface area contributed by atoms with Crippen LogP contribution in [0, 0.1) is 5.92 Å². The lowest BCUT2D eigenvalue weighted by Gasteiger charge is -2.32. The maximum Gasteiger partial charge on any atom is 0.253 e. The van der Waals surface area contributed by atoms with Gasteiger partial charge in [-0.2, -0.15) is 0 Å². The summed E-state index contributed by atoms with van der Waals surface area (Å²) in [4.78, 5) is 19.1. The molecule has 0 radical (unpaired) electrons. The molecule has 0 aromatic heterocycles. The quantitative estimate of drug-likeness (QED) is 0.745. The van der Waals surface area contributed by atoms with Crippen molar-refractivity contribution in [3.8, 4) is 5.75 Å². The molecule has 0 N–H and O–H groups in total. The van der Waals surface area contributed by atoms with Gasteiger partial charge in [0.15, 0.2) is 0 Å². The van der Waals surface area contributed by atoms with Crippen molar-refractivity contribution in [1.29, 1.82) is 0 Å². The van der Waals surface area contributed by atoms with Gasteiger partial charge in [-0.25, -0.2) is 0 Å². The number of carbonyl (C=O) groups is 1. The van der Waals surface area contributed by atoms with Crippen LogP contribution in [-0.4, -0.2) is 79.6 Å². The lowest BCUT2D eigenvalue weighted by Crippen LogP contribution is -2.47. The first kappa shape index (κ1) is 17.2. The number of hydrogen-bond donors (Lipinski definition) is 0. The second-order valence-corrected chi connectivity index (χ2v) is 7.43. The Balaban J connectivity index is 1.46. The van der Waals surface area contributed by atoms with Crippen molar-refractivity contribution >= 4 is 5.91 Å². The molecule has 3 rings (SSSR count). The highest BCUT2D eigenvalue weighted by atomic mass is 16.5. The number of ether oxygens (including phenoxy) is 1. The van der Waals surface area contributed by atoms with E-state index < -0.39 is 0 Å². The third-order valence-corrected chi connectivity index (χ3v) is 4.76. The molecule has 2 aliphatic rings. The van der Waals surface area contributed by atoms with Gasteiger partial charge in [-0.3, -0.25) is 9.69 Å². The summed E-state index contributed by atoms with van der Waals surface area (Å²) in [7, 11) is 2.09. The van der Waals surface area contributed by atoms with Crippen molar-refractivity contribution in [2.45, 2.75) is 19.9 Å². The third-order valence-electron chi connectivity index (χ3n) is 4.76. The van der Waals surface area contributed by atoms with Crippen molar-refractivity contribution in [2.75, 3.05) is 52.9 Å². The molecule has 2 unspecified atom stereocenters. The van der Waals surface area contributed by atoms with Gasteiger partial charge in [-0.1, -0.05) is 13.8 Å². The van der Waals surface area contributed by atoms with Gasteiger partial charge < -0.3 is 14.5 Å². The topological polar surface area (TPSA) is 35.8 Å². The van der Waals surface area contributed by atoms with E-state index in [1.165, 1.54) is 0 Å². The molecular formula is C19H29N3O2. The lowest BCUT2D eigenvalue weighted by atomic mass is 10.1. The second kappa shape index (κ2) is 7.53. The Kier molecular flexibility index (Phi) is 5.41. The van der Waals surface area contributed by atoms with Crippen molar-refractivity contribution in [1.82, 2.24) is 14.7 Å². The van der Waals surface area contributed by atoms with Crippen molar-refractivity contribution in [2.24, 2.45) is 5.92 Å². The van der Waals surface area contributed by atoms with Gasteiger partial charge in [0.1, 0.15) is 12.4 Å². The molecule has 0 saturated carbocycles. The van der Waals surface area contributed by atoms with Gasteiger partial charge in [0.2, 0.25) is 0 Å². The lowest BCUT2D eigenvalue weighted by molar-refractivity contribution is 0.0664. The van der Waals surface area contributed by atoms with Crippen molar-refractivity contribution in [3.63, 3.8) is 0 Å². The molecule has 2 saturated heterocycles. The first-order valence-corrected chi connectivity index (χ1v) is 8.97. The normalized spacial score (nSPS) is 24.2. The summed E-state index contributed by atoms with van der Waals surface area (Å²) in [5.41, 5.74) is 0.750. The minimum Gasteiger partial charge on any atom is -0.492 e. The fourth-order valence-corrected chi connectivity index (χ4v) is 3.15. The molecule has 0 spiro atoms. The molecule has 2 heterocycles. The van der Waals surface area contributed by atoms with Crippen LogP contribution in [0.4, 0.5) is 0 Å². The predicted octanol–water partition coefficient (Wildman–Crippen LogP) is 1.79. The summed E-state index contributed by atoms with van der Waals surface area (Å²) in [6, 6.07) is 8.15. The zero-order chi connectivity index (χ0) is 17.1. The Morgan fingerprint density at radius 3 is 2.46 bits per heavy atom. The van der Waals surface area contributed by atoms with E-state index in [9.17, 15) is 4.79 Å². The highest BCUT2D eigenvalue weighted by Crippen LogP contribution is 2.21. The maximum absolute atomic E-state index is 12.5. The van der Waals surface area contributed by atoms with E-state index in [1.54, 1.807) is 0 Å². The molecule has 5 heteroatoms. The van der Waals surface area contributed by atoms with Crippen molar-refractivity contribution in [3.05, 3.63) is 29.8 Å². The fraction of sp³-hybridized carbons (Fsp3) is 0.632. The molecule has 132 valence electrons. The van der Waals surface area contributed by atoms with E-state index >= 15 is 0 Å². The second-order valence-electron chi connectivity index (χ2n) is 7.43. The standard InChI is InChI=1S/C19H29N3O2/c1-15(2)12-22-13-17(22)14-24-18-6-4-16(5-7-18)19(23)21-10-8-20(3)9-11-21/h4-7,15,17H,8-14H2,1-3H3. The van der Waals surface area contributed by atoms with E-state index in [-0.39, 0.29) is 5.91 Å². The van der Waals surface area contributed by atoms with Crippen LogP contribution in [0.3, 0.4) is 0 Å². The summed E-state index contributed by atoms with van der Waals surface area (Å²) in [5.74, 6) is 1.68. The number of benzene rings is 1. The van der Waals surface area contributed by atoms with Gasteiger partial charge in [0.05, 0.1) is 6.04 Å². The molecule has 24 heavy (non-hydrogen) atoms. The highest BCUT2D eigenvalue weighted by molar-refractivity contribution is 5.94. The van der Waals surface area contributed by atoms with Crippen LogP contribution < -0.4 is 4.74 Å². The van der Waals surface area contributed by atoms with E-state index in [4.69, 9.17) is 4.74 Å². The number of amides is 1. The van der Waals surface area contributed by atoms with E-state index in [0.717, 1.165) is 57.2 Å². The monoisotopic (exact) mass is 331 g/mol. The molecule has 2 fully saturated rings. The van der Waals surface area contributed by atoms with E-state index in [0.29, 0.717) is 12.0 Å². The Hall–Kier alpha value is -1.59. The highest BCUT2D eigenvalue weighted by Gasteiger charge is 2.34. The molecule has 2 atom stereocenters. The summed E-state index contributed by atoms with van der Waals surface area (Å²) in [6.07, 6.45) is 0. The van der Waals surface area contributed by atoms with Crippen LogP contribution in [0.1, 0.15) is 24.2 Å². The molecule has 1 amide bonds. The zero-order valence-electron chi connectivity index (χ0n) is 15.1. The number of carbonyl (C=O) groups excluding carboxylic acids is 1. The largest absolute Gasteiger partial charge is 0.492 e. The van der Waals surface area contributed by atoms with Crippen LogP contribution in [-0.2, 0) is 0 Å². The van der Waals surface area contributed by atoms with Crippen LogP contribution in [0.2, 0.25) is 0 Å². The molecule has 0 aliphatic carbocycles. The summed E-state index contributed by atoms with van der Waals surface area (Å²) >= 11 is 0. The number of rotatable bonds is 6. The maximum atomic E-state index is 12.5.